The predicted molar refractivity (Wildman–Crippen MR) is 68.8 cm³/mol. The molecule has 5 heteroatoms. The average Bonchev–Trinajstić information content (AvgIpc) is 2.60. The number of carbonyl (C=O) groups excluding carboxylic acids is 1. The Hall–Kier alpha value is -0.0600. The van der Waals surface area contributed by atoms with E-state index >= 15 is 0 Å². The highest BCUT2D eigenvalue weighted by Gasteiger charge is 2.14. The van der Waals surface area contributed by atoms with E-state index in [1.807, 2.05) is 25.3 Å². The zero-order valence-electron chi connectivity index (χ0n) is 8.59. The van der Waals surface area contributed by atoms with Gasteiger partial charge in [0.1, 0.15) is 4.88 Å². The molecule has 1 aromatic rings. The molecule has 0 saturated heterocycles. The molecule has 1 unspecified atom stereocenters. The van der Waals surface area contributed by atoms with Gasteiger partial charge in [-0.3, -0.25) is 4.79 Å². The van der Waals surface area contributed by atoms with Crippen LogP contribution < -0.4 is 5.32 Å². The van der Waals surface area contributed by atoms with E-state index in [0.29, 0.717) is 17.3 Å². The number of thiophene rings is 1. The summed E-state index contributed by atoms with van der Waals surface area (Å²) < 4.78 is 0.834. The van der Waals surface area contributed by atoms with Gasteiger partial charge in [0.15, 0.2) is 0 Å². The van der Waals surface area contributed by atoms with Gasteiger partial charge in [-0.2, -0.15) is 0 Å². The Kier molecular flexibility index (Phi) is 5.09. The molecule has 0 bridgehead atoms. The minimum Gasteiger partial charge on any atom is -0.350 e. The maximum Gasteiger partial charge on any atom is 0.262 e. The SMILES string of the molecule is CC(C)C(Cl)CNC(=O)c1sccc1Br. The van der Waals surface area contributed by atoms with Crippen molar-refractivity contribution in [1.29, 1.82) is 0 Å². The molecular formula is C10H13BrClNOS. The summed E-state index contributed by atoms with van der Waals surface area (Å²) in [7, 11) is 0. The van der Waals surface area contributed by atoms with E-state index < -0.39 is 0 Å². The molecule has 1 amide bonds. The number of rotatable bonds is 4. The van der Waals surface area contributed by atoms with Crippen LogP contribution >= 0.6 is 38.9 Å². The lowest BCUT2D eigenvalue weighted by molar-refractivity contribution is 0.0956. The predicted octanol–water partition coefficient (Wildman–Crippen LogP) is 3.50. The Balaban J connectivity index is 2.47. The topological polar surface area (TPSA) is 29.1 Å². The van der Waals surface area contributed by atoms with E-state index in [1.165, 1.54) is 11.3 Å². The lowest BCUT2D eigenvalue weighted by Crippen LogP contribution is -2.31. The monoisotopic (exact) mass is 309 g/mol. The fourth-order valence-electron chi connectivity index (χ4n) is 0.962. The average molecular weight is 311 g/mol. The number of amides is 1. The highest BCUT2D eigenvalue weighted by atomic mass is 79.9. The zero-order valence-corrected chi connectivity index (χ0v) is 11.7. The van der Waals surface area contributed by atoms with E-state index in [4.69, 9.17) is 11.6 Å². The Bertz CT molecular complexity index is 340. The molecule has 0 aliphatic rings. The van der Waals surface area contributed by atoms with Crippen molar-refractivity contribution in [3.63, 3.8) is 0 Å². The molecule has 0 radical (unpaired) electrons. The van der Waals surface area contributed by atoms with Crippen LogP contribution in [0.3, 0.4) is 0 Å². The van der Waals surface area contributed by atoms with E-state index in [-0.39, 0.29) is 11.3 Å². The smallest absolute Gasteiger partial charge is 0.262 e. The minimum atomic E-state index is -0.0665. The number of hydrogen-bond acceptors (Lipinski definition) is 2. The molecule has 0 spiro atoms. The number of carbonyl (C=O) groups is 1. The summed E-state index contributed by atoms with van der Waals surface area (Å²) in [5.41, 5.74) is 0. The standard InChI is InChI=1S/C10H13BrClNOS/c1-6(2)8(12)5-13-10(14)9-7(11)3-4-15-9/h3-4,6,8H,5H2,1-2H3,(H,13,14). The molecule has 0 aliphatic heterocycles. The van der Waals surface area contributed by atoms with E-state index in [0.717, 1.165) is 4.47 Å². The lowest BCUT2D eigenvalue weighted by atomic mass is 10.1. The molecule has 2 nitrogen and oxygen atoms in total. The molecule has 0 saturated carbocycles. The van der Waals surface area contributed by atoms with Crippen molar-refractivity contribution in [1.82, 2.24) is 5.32 Å². The van der Waals surface area contributed by atoms with Gasteiger partial charge in [-0.25, -0.2) is 0 Å². The van der Waals surface area contributed by atoms with Gasteiger partial charge >= 0.3 is 0 Å². The first-order valence-corrected chi connectivity index (χ1v) is 6.78. The summed E-state index contributed by atoms with van der Waals surface area (Å²) >= 11 is 10.8. The van der Waals surface area contributed by atoms with Gasteiger partial charge in [0.25, 0.3) is 5.91 Å². The van der Waals surface area contributed by atoms with Crippen LogP contribution in [0.2, 0.25) is 0 Å². The largest absolute Gasteiger partial charge is 0.350 e. The lowest BCUT2D eigenvalue weighted by Gasteiger charge is -2.13. The van der Waals surface area contributed by atoms with E-state index in [2.05, 4.69) is 21.2 Å². The van der Waals surface area contributed by atoms with Crippen LogP contribution in [-0.4, -0.2) is 17.8 Å². The van der Waals surface area contributed by atoms with Crippen LogP contribution in [0.25, 0.3) is 0 Å². The first-order valence-electron chi connectivity index (χ1n) is 4.67. The molecule has 0 aliphatic carbocycles. The third-order valence-corrected chi connectivity index (χ3v) is 4.50. The van der Waals surface area contributed by atoms with Crippen LogP contribution in [0, 0.1) is 5.92 Å². The first-order chi connectivity index (χ1) is 7.02. The van der Waals surface area contributed by atoms with Crippen LogP contribution in [0.4, 0.5) is 0 Å². The normalized spacial score (nSPS) is 12.9. The zero-order chi connectivity index (χ0) is 11.4. The van der Waals surface area contributed by atoms with Gasteiger partial charge in [-0.05, 0) is 33.3 Å². The van der Waals surface area contributed by atoms with Gasteiger partial charge in [0.2, 0.25) is 0 Å². The summed E-state index contributed by atoms with van der Waals surface area (Å²) in [6.07, 6.45) is 0. The first kappa shape index (κ1) is 13.0. The van der Waals surface area contributed by atoms with Gasteiger partial charge in [0, 0.05) is 11.0 Å². The molecule has 0 fully saturated rings. The summed E-state index contributed by atoms with van der Waals surface area (Å²) in [4.78, 5) is 12.4. The Labute approximate surface area is 107 Å². The molecule has 84 valence electrons. The highest BCUT2D eigenvalue weighted by molar-refractivity contribution is 9.10. The minimum absolute atomic E-state index is 0.0207. The Morgan fingerprint density at radius 1 is 1.67 bits per heavy atom. The van der Waals surface area contributed by atoms with Gasteiger partial charge in [0.05, 0.1) is 5.38 Å². The van der Waals surface area contributed by atoms with Crippen molar-refractivity contribution in [2.45, 2.75) is 19.2 Å². The van der Waals surface area contributed by atoms with Gasteiger partial charge in [-0.15, -0.1) is 22.9 Å². The second kappa shape index (κ2) is 5.87. The maximum atomic E-state index is 11.7. The third-order valence-electron chi connectivity index (χ3n) is 2.00. The fourth-order valence-corrected chi connectivity index (χ4v) is 2.51. The van der Waals surface area contributed by atoms with Crippen molar-refractivity contribution in [3.8, 4) is 0 Å². The second-order valence-corrected chi connectivity index (χ2v) is 5.90. The molecular weight excluding hydrogens is 298 g/mol. The molecule has 1 N–H and O–H groups in total. The van der Waals surface area contributed by atoms with Gasteiger partial charge in [-0.1, -0.05) is 13.8 Å². The molecule has 0 aromatic carbocycles. The summed E-state index contributed by atoms with van der Waals surface area (Å²) in [6.45, 7) is 4.57. The summed E-state index contributed by atoms with van der Waals surface area (Å²) in [5.74, 6) is 0.293. The second-order valence-electron chi connectivity index (χ2n) is 3.57. The van der Waals surface area contributed by atoms with Crippen LogP contribution in [0.1, 0.15) is 23.5 Å². The maximum absolute atomic E-state index is 11.7. The Morgan fingerprint density at radius 3 is 2.80 bits per heavy atom. The van der Waals surface area contributed by atoms with Crippen LogP contribution in [-0.2, 0) is 0 Å². The number of halogens is 2. The molecule has 1 aromatic heterocycles. The van der Waals surface area contributed by atoms with E-state index in [9.17, 15) is 4.79 Å². The summed E-state index contributed by atoms with van der Waals surface area (Å²) in [5, 5.41) is 4.67. The number of nitrogens with one attached hydrogen (secondary N) is 1. The molecule has 1 rings (SSSR count). The van der Waals surface area contributed by atoms with Crippen molar-refractivity contribution < 1.29 is 4.79 Å². The highest BCUT2D eigenvalue weighted by Crippen LogP contribution is 2.22. The number of alkyl halides is 1. The van der Waals surface area contributed by atoms with Crippen molar-refractivity contribution in [3.05, 3.63) is 20.8 Å². The van der Waals surface area contributed by atoms with Gasteiger partial charge < -0.3 is 5.32 Å². The van der Waals surface area contributed by atoms with Crippen LogP contribution in [0.15, 0.2) is 15.9 Å². The Morgan fingerprint density at radius 2 is 2.33 bits per heavy atom. The number of hydrogen-bond donors (Lipinski definition) is 1. The third kappa shape index (κ3) is 3.78. The molecule has 1 atom stereocenters. The fraction of sp³-hybridized carbons (Fsp3) is 0.500. The van der Waals surface area contributed by atoms with Crippen molar-refractivity contribution in [2.75, 3.05) is 6.54 Å². The molecule has 15 heavy (non-hydrogen) atoms. The van der Waals surface area contributed by atoms with Crippen LogP contribution in [0.5, 0.6) is 0 Å². The van der Waals surface area contributed by atoms with E-state index in [1.54, 1.807) is 0 Å². The van der Waals surface area contributed by atoms with Crippen molar-refractivity contribution in [2.24, 2.45) is 5.92 Å². The van der Waals surface area contributed by atoms with Crippen molar-refractivity contribution >= 4 is 44.8 Å². The quantitative estimate of drug-likeness (QED) is 0.847. The molecule has 1 heterocycles. The summed E-state index contributed by atoms with van der Waals surface area (Å²) in [6, 6.07) is 1.86.